The molecule has 0 heterocycles. The molecule has 7 heteroatoms. The van der Waals surface area contributed by atoms with E-state index < -0.39 is 5.91 Å². The molecular weight excluding hydrogens is 294 g/mol. The lowest BCUT2D eigenvalue weighted by molar-refractivity contribution is -0.117. The predicted molar refractivity (Wildman–Crippen MR) is 88.9 cm³/mol. The standard InChI is InChI=1S/C16H23N5O2/c1-18-16(20-8-11-2-3-11)21-9-12-4-6-13(7-5-12)15(23)19-10-14(17)22/h4-7,11H,2-3,8-10H2,1H3,(H2,17,22)(H,19,23)(H2,18,20,21). The van der Waals surface area contributed by atoms with Crippen LogP contribution in [0.5, 0.6) is 0 Å². The van der Waals surface area contributed by atoms with E-state index in [1.54, 1.807) is 19.2 Å². The number of guanidine groups is 1. The molecule has 0 saturated heterocycles. The van der Waals surface area contributed by atoms with E-state index >= 15 is 0 Å². The molecule has 1 aromatic carbocycles. The van der Waals surface area contributed by atoms with Crippen LogP contribution in [-0.4, -0.2) is 37.9 Å². The minimum atomic E-state index is -0.566. The minimum absolute atomic E-state index is 0.162. The molecule has 23 heavy (non-hydrogen) atoms. The third kappa shape index (κ3) is 5.98. The van der Waals surface area contributed by atoms with Gasteiger partial charge in [0.25, 0.3) is 5.91 Å². The molecule has 0 spiro atoms. The first-order valence-corrected chi connectivity index (χ1v) is 7.68. The highest BCUT2D eigenvalue weighted by atomic mass is 16.2. The van der Waals surface area contributed by atoms with Gasteiger partial charge >= 0.3 is 0 Å². The maximum absolute atomic E-state index is 11.8. The summed E-state index contributed by atoms with van der Waals surface area (Å²) in [5, 5.41) is 8.98. The first kappa shape index (κ1) is 16.8. The molecule has 7 nitrogen and oxygen atoms in total. The van der Waals surface area contributed by atoms with Gasteiger partial charge in [0.2, 0.25) is 5.91 Å². The molecule has 1 aliphatic carbocycles. The number of hydrogen-bond acceptors (Lipinski definition) is 3. The molecule has 1 aromatic rings. The molecule has 124 valence electrons. The Balaban J connectivity index is 1.79. The lowest BCUT2D eigenvalue weighted by atomic mass is 10.1. The van der Waals surface area contributed by atoms with Crippen LogP contribution in [0, 0.1) is 5.92 Å². The molecular formula is C16H23N5O2. The summed E-state index contributed by atoms with van der Waals surface area (Å²) >= 11 is 0. The SMILES string of the molecule is CN=C(NCc1ccc(C(=O)NCC(N)=O)cc1)NCC1CC1. The number of amides is 2. The molecule has 1 aliphatic rings. The molecule has 1 saturated carbocycles. The molecule has 2 rings (SSSR count). The molecule has 0 aromatic heterocycles. The normalized spacial score (nSPS) is 14.2. The smallest absolute Gasteiger partial charge is 0.251 e. The number of hydrogen-bond donors (Lipinski definition) is 4. The highest BCUT2D eigenvalue weighted by Crippen LogP contribution is 2.27. The number of benzene rings is 1. The monoisotopic (exact) mass is 317 g/mol. The van der Waals surface area contributed by atoms with E-state index in [1.165, 1.54) is 12.8 Å². The van der Waals surface area contributed by atoms with Crippen LogP contribution in [0.15, 0.2) is 29.3 Å². The summed E-state index contributed by atoms with van der Waals surface area (Å²) in [6.07, 6.45) is 2.59. The van der Waals surface area contributed by atoms with Gasteiger partial charge in [-0.15, -0.1) is 0 Å². The highest BCUT2D eigenvalue weighted by Gasteiger charge is 2.20. The first-order valence-electron chi connectivity index (χ1n) is 7.68. The first-order chi connectivity index (χ1) is 11.1. The van der Waals surface area contributed by atoms with Gasteiger partial charge in [0.1, 0.15) is 0 Å². The van der Waals surface area contributed by atoms with E-state index in [0.29, 0.717) is 12.1 Å². The van der Waals surface area contributed by atoms with Gasteiger partial charge in [0, 0.05) is 25.7 Å². The van der Waals surface area contributed by atoms with E-state index in [2.05, 4.69) is 20.9 Å². The van der Waals surface area contributed by atoms with Gasteiger partial charge < -0.3 is 21.7 Å². The van der Waals surface area contributed by atoms with Gasteiger partial charge in [0.05, 0.1) is 6.54 Å². The van der Waals surface area contributed by atoms with Gasteiger partial charge in [-0.1, -0.05) is 12.1 Å². The molecule has 2 amide bonds. The molecule has 1 fully saturated rings. The molecule has 5 N–H and O–H groups in total. The van der Waals surface area contributed by atoms with Gasteiger partial charge in [0.15, 0.2) is 5.96 Å². The zero-order valence-corrected chi connectivity index (χ0v) is 13.3. The van der Waals surface area contributed by atoms with Gasteiger partial charge in [-0.25, -0.2) is 0 Å². The summed E-state index contributed by atoms with van der Waals surface area (Å²) < 4.78 is 0. The van der Waals surface area contributed by atoms with Crippen molar-refractivity contribution in [2.75, 3.05) is 20.1 Å². The fraction of sp³-hybridized carbons (Fsp3) is 0.438. The Kier molecular flexibility index (Phi) is 5.96. The Morgan fingerprint density at radius 3 is 2.43 bits per heavy atom. The maximum Gasteiger partial charge on any atom is 0.251 e. The number of nitrogens with two attached hydrogens (primary N) is 1. The highest BCUT2D eigenvalue weighted by molar-refractivity contribution is 5.96. The number of aliphatic imine (C=N–C) groups is 1. The van der Waals surface area contributed by atoms with E-state index in [4.69, 9.17) is 5.73 Å². The van der Waals surface area contributed by atoms with Crippen LogP contribution >= 0.6 is 0 Å². The molecule has 0 atom stereocenters. The third-order valence-corrected chi connectivity index (χ3v) is 3.58. The molecule has 0 radical (unpaired) electrons. The number of primary amides is 1. The summed E-state index contributed by atoms with van der Waals surface area (Å²) in [4.78, 5) is 26.6. The van der Waals surface area contributed by atoms with Crippen LogP contribution in [0.3, 0.4) is 0 Å². The van der Waals surface area contributed by atoms with Gasteiger partial charge in [-0.05, 0) is 36.5 Å². The Morgan fingerprint density at radius 2 is 1.87 bits per heavy atom. The number of rotatable bonds is 7. The molecule has 0 unspecified atom stereocenters. The van der Waals surface area contributed by atoms with Crippen molar-refractivity contribution in [3.63, 3.8) is 0 Å². The minimum Gasteiger partial charge on any atom is -0.368 e. The molecule has 0 bridgehead atoms. The van der Waals surface area contributed by atoms with Crippen LogP contribution in [-0.2, 0) is 11.3 Å². The summed E-state index contributed by atoms with van der Waals surface area (Å²) in [5.41, 5.74) is 6.52. The Bertz CT molecular complexity index is 579. The number of carbonyl (C=O) groups excluding carboxylic acids is 2. The summed E-state index contributed by atoms with van der Waals surface area (Å²) in [6.45, 7) is 1.41. The van der Waals surface area contributed by atoms with Gasteiger partial charge in [-0.2, -0.15) is 0 Å². The Morgan fingerprint density at radius 1 is 1.17 bits per heavy atom. The van der Waals surface area contributed by atoms with Crippen molar-refractivity contribution in [3.8, 4) is 0 Å². The van der Waals surface area contributed by atoms with E-state index in [-0.39, 0.29) is 12.5 Å². The van der Waals surface area contributed by atoms with E-state index in [0.717, 1.165) is 24.0 Å². The number of nitrogens with zero attached hydrogens (tertiary/aromatic N) is 1. The lowest BCUT2D eigenvalue weighted by Crippen LogP contribution is -2.37. The zero-order chi connectivity index (χ0) is 16.7. The topological polar surface area (TPSA) is 109 Å². The van der Waals surface area contributed by atoms with Crippen molar-refractivity contribution in [3.05, 3.63) is 35.4 Å². The zero-order valence-electron chi connectivity index (χ0n) is 13.3. The van der Waals surface area contributed by atoms with Crippen LogP contribution < -0.4 is 21.7 Å². The van der Waals surface area contributed by atoms with Crippen LogP contribution in [0.1, 0.15) is 28.8 Å². The van der Waals surface area contributed by atoms with Gasteiger partial charge in [-0.3, -0.25) is 14.6 Å². The second-order valence-electron chi connectivity index (χ2n) is 5.60. The van der Waals surface area contributed by atoms with Crippen molar-refractivity contribution in [1.82, 2.24) is 16.0 Å². The fourth-order valence-corrected chi connectivity index (χ4v) is 2.01. The van der Waals surface area contributed by atoms with Crippen molar-refractivity contribution in [2.24, 2.45) is 16.6 Å². The third-order valence-electron chi connectivity index (χ3n) is 3.58. The second-order valence-corrected chi connectivity index (χ2v) is 5.60. The van der Waals surface area contributed by atoms with E-state index in [1.807, 2.05) is 12.1 Å². The molecule has 0 aliphatic heterocycles. The number of carbonyl (C=O) groups is 2. The van der Waals surface area contributed by atoms with Crippen LogP contribution in [0.2, 0.25) is 0 Å². The summed E-state index contributed by atoms with van der Waals surface area (Å²) in [5.74, 6) is 0.682. The van der Waals surface area contributed by atoms with Crippen molar-refractivity contribution in [2.45, 2.75) is 19.4 Å². The predicted octanol–water partition coefficient (Wildman–Crippen LogP) is -0.0233. The van der Waals surface area contributed by atoms with Crippen LogP contribution in [0.4, 0.5) is 0 Å². The van der Waals surface area contributed by atoms with E-state index in [9.17, 15) is 9.59 Å². The maximum atomic E-state index is 11.8. The van der Waals surface area contributed by atoms with Crippen molar-refractivity contribution >= 4 is 17.8 Å². The Labute approximate surface area is 135 Å². The largest absolute Gasteiger partial charge is 0.368 e. The summed E-state index contributed by atoms with van der Waals surface area (Å²) in [7, 11) is 1.74. The summed E-state index contributed by atoms with van der Waals surface area (Å²) in [6, 6.07) is 7.15. The average molecular weight is 317 g/mol. The second kappa shape index (κ2) is 8.17. The van der Waals surface area contributed by atoms with Crippen LogP contribution in [0.25, 0.3) is 0 Å². The quantitative estimate of drug-likeness (QED) is 0.418. The van der Waals surface area contributed by atoms with Crippen molar-refractivity contribution in [1.29, 1.82) is 0 Å². The lowest BCUT2D eigenvalue weighted by Gasteiger charge is -2.11. The number of nitrogens with one attached hydrogen (secondary N) is 3. The fourth-order valence-electron chi connectivity index (χ4n) is 2.01. The Hall–Kier alpha value is -2.57. The van der Waals surface area contributed by atoms with Crippen molar-refractivity contribution < 1.29 is 9.59 Å². The average Bonchev–Trinajstić information content (AvgIpc) is 3.37.